The standard InChI is InChI=1S/C20H32N2O/c1-2-3-4-5-6-7-8-17-9-11-18(12-10-17)19-13-23-15-20(19)14-21-16-22-20/h9-12,19,21-22H,2-8,13-16H2,1H3. The van der Waals surface area contributed by atoms with Gasteiger partial charge in [0.15, 0.2) is 0 Å². The molecule has 3 nitrogen and oxygen atoms in total. The van der Waals surface area contributed by atoms with E-state index >= 15 is 0 Å². The van der Waals surface area contributed by atoms with Crippen molar-refractivity contribution in [3.63, 3.8) is 0 Å². The molecule has 2 fully saturated rings. The smallest absolute Gasteiger partial charge is 0.0668 e. The minimum Gasteiger partial charge on any atom is -0.379 e. The second-order valence-corrected chi connectivity index (χ2v) is 7.26. The highest BCUT2D eigenvalue weighted by Crippen LogP contribution is 2.35. The molecule has 2 N–H and O–H groups in total. The first-order valence-corrected chi connectivity index (χ1v) is 9.46. The lowest BCUT2D eigenvalue weighted by Gasteiger charge is -2.29. The SMILES string of the molecule is CCCCCCCCc1ccc(C2COCC23CNCN3)cc1. The van der Waals surface area contributed by atoms with Gasteiger partial charge in [-0.15, -0.1) is 0 Å². The molecule has 2 saturated heterocycles. The van der Waals surface area contributed by atoms with E-state index in [0.717, 1.165) is 26.4 Å². The van der Waals surface area contributed by atoms with Gasteiger partial charge in [-0.25, -0.2) is 0 Å². The zero-order valence-corrected chi connectivity index (χ0v) is 14.6. The van der Waals surface area contributed by atoms with Gasteiger partial charge < -0.3 is 10.1 Å². The van der Waals surface area contributed by atoms with Crippen molar-refractivity contribution in [3.8, 4) is 0 Å². The van der Waals surface area contributed by atoms with E-state index in [1.165, 1.54) is 56.1 Å². The van der Waals surface area contributed by atoms with Crippen LogP contribution in [0.3, 0.4) is 0 Å². The molecule has 128 valence electrons. The molecule has 0 radical (unpaired) electrons. The molecule has 0 saturated carbocycles. The van der Waals surface area contributed by atoms with Crippen molar-refractivity contribution in [1.82, 2.24) is 10.6 Å². The molecule has 0 aromatic heterocycles. The molecule has 1 spiro atoms. The summed E-state index contributed by atoms with van der Waals surface area (Å²) in [4.78, 5) is 0. The van der Waals surface area contributed by atoms with E-state index in [9.17, 15) is 0 Å². The van der Waals surface area contributed by atoms with Crippen LogP contribution in [0.4, 0.5) is 0 Å². The normalized spacial score (nSPS) is 27.1. The number of hydrogen-bond donors (Lipinski definition) is 2. The Labute approximate surface area is 141 Å². The van der Waals surface area contributed by atoms with Gasteiger partial charge in [0.2, 0.25) is 0 Å². The number of hydrogen-bond acceptors (Lipinski definition) is 3. The maximum Gasteiger partial charge on any atom is 0.0668 e. The molecule has 0 amide bonds. The highest BCUT2D eigenvalue weighted by Gasteiger charge is 2.46. The molecule has 2 unspecified atom stereocenters. The van der Waals surface area contributed by atoms with Gasteiger partial charge in [-0.1, -0.05) is 63.3 Å². The quantitative estimate of drug-likeness (QED) is 0.719. The summed E-state index contributed by atoms with van der Waals surface area (Å²) in [5.74, 6) is 0.473. The van der Waals surface area contributed by atoms with Crippen LogP contribution in [0.5, 0.6) is 0 Å². The molecule has 2 atom stereocenters. The summed E-state index contributed by atoms with van der Waals surface area (Å²) >= 11 is 0. The summed E-state index contributed by atoms with van der Waals surface area (Å²) < 4.78 is 5.79. The molecule has 1 aromatic rings. The van der Waals surface area contributed by atoms with Crippen LogP contribution in [-0.2, 0) is 11.2 Å². The number of benzene rings is 1. The molecule has 3 heteroatoms. The lowest BCUT2D eigenvalue weighted by molar-refractivity contribution is 0.175. The van der Waals surface area contributed by atoms with Crippen LogP contribution in [0.25, 0.3) is 0 Å². The summed E-state index contributed by atoms with van der Waals surface area (Å²) in [6.07, 6.45) is 9.44. The van der Waals surface area contributed by atoms with Crippen LogP contribution in [-0.4, -0.2) is 32.0 Å². The van der Waals surface area contributed by atoms with Crippen LogP contribution in [0.2, 0.25) is 0 Å². The monoisotopic (exact) mass is 316 g/mol. The van der Waals surface area contributed by atoms with Gasteiger partial charge in [-0.05, 0) is 24.0 Å². The van der Waals surface area contributed by atoms with Crippen LogP contribution < -0.4 is 10.6 Å². The molecule has 23 heavy (non-hydrogen) atoms. The van der Waals surface area contributed by atoms with E-state index in [1.807, 2.05) is 0 Å². The van der Waals surface area contributed by atoms with E-state index in [-0.39, 0.29) is 5.54 Å². The first-order valence-electron chi connectivity index (χ1n) is 9.46. The minimum absolute atomic E-state index is 0.112. The Bertz CT molecular complexity index is 460. The predicted octanol–water partition coefficient (Wildman–Crippen LogP) is 3.59. The molecular weight excluding hydrogens is 284 g/mol. The van der Waals surface area contributed by atoms with Crippen molar-refractivity contribution < 1.29 is 4.74 Å². The summed E-state index contributed by atoms with van der Waals surface area (Å²) in [6.45, 7) is 5.85. The van der Waals surface area contributed by atoms with Crippen LogP contribution in [0.1, 0.15) is 62.5 Å². The molecule has 0 aliphatic carbocycles. The summed E-state index contributed by atoms with van der Waals surface area (Å²) in [5, 5.41) is 7.04. The molecule has 3 rings (SSSR count). The zero-order valence-electron chi connectivity index (χ0n) is 14.6. The maximum atomic E-state index is 5.79. The largest absolute Gasteiger partial charge is 0.379 e. The Kier molecular flexibility index (Phi) is 6.09. The first kappa shape index (κ1) is 16.9. The van der Waals surface area contributed by atoms with Crippen molar-refractivity contribution in [2.45, 2.75) is 63.3 Å². The lowest BCUT2D eigenvalue weighted by atomic mass is 9.82. The molecular formula is C20H32N2O. The fourth-order valence-corrected chi connectivity index (χ4v) is 4.00. The topological polar surface area (TPSA) is 33.3 Å². The summed E-state index contributed by atoms with van der Waals surface area (Å²) in [7, 11) is 0. The Morgan fingerprint density at radius 1 is 1.09 bits per heavy atom. The number of ether oxygens (including phenoxy) is 1. The molecule has 2 aliphatic heterocycles. The van der Waals surface area contributed by atoms with Crippen LogP contribution in [0, 0.1) is 0 Å². The number of nitrogens with one attached hydrogen (secondary N) is 2. The van der Waals surface area contributed by atoms with E-state index < -0.39 is 0 Å². The predicted molar refractivity (Wildman–Crippen MR) is 95.8 cm³/mol. The van der Waals surface area contributed by atoms with Gasteiger partial charge in [0.25, 0.3) is 0 Å². The van der Waals surface area contributed by atoms with Crippen molar-refractivity contribution in [2.24, 2.45) is 0 Å². The van der Waals surface area contributed by atoms with Crippen molar-refractivity contribution in [2.75, 3.05) is 26.4 Å². The second kappa shape index (κ2) is 8.27. The lowest BCUT2D eigenvalue weighted by Crippen LogP contribution is -2.48. The first-order chi connectivity index (χ1) is 11.3. The second-order valence-electron chi connectivity index (χ2n) is 7.26. The average molecular weight is 316 g/mol. The van der Waals surface area contributed by atoms with E-state index in [1.54, 1.807) is 0 Å². The third-order valence-electron chi connectivity index (χ3n) is 5.52. The Morgan fingerprint density at radius 2 is 1.87 bits per heavy atom. The van der Waals surface area contributed by atoms with Crippen LogP contribution in [0.15, 0.2) is 24.3 Å². The molecule has 2 heterocycles. The van der Waals surface area contributed by atoms with Gasteiger partial charge in [0.05, 0.1) is 18.8 Å². The number of unbranched alkanes of at least 4 members (excludes halogenated alkanes) is 5. The van der Waals surface area contributed by atoms with Gasteiger partial charge in [-0.3, -0.25) is 5.32 Å². The van der Waals surface area contributed by atoms with E-state index in [0.29, 0.717) is 5.92 Å². The maximum absolute atomic E-state index is 5.79. The number of aryl methyl sites for hydroxylation is 1. The van der Waals surface area contributed by atoms with E-state index in [4.69, 9.17) is 4.74 Å². The zero-order chi connectivity index (χ0) is 16.0. The fraction of sp³-hybridized carbons (Fsp3) is 0.700. The highest BCUT2D eigenvalue weighted by molar-refractivity contribution is 5.30. The summed E-state index contributed by atoms with van der Waals surface area (Å²) in [5.41, 5.74) is 3.01. The molecule has 0 bridgehead atoms. The van der Waals surface area contributed by atoms with Gasteiger partial charge in [0, 0.05) is 19.1 Å². The van der Waals surface area contributed by atoms with E-state index in [2.05, 4.69) is 41.8 Å². The van der Waals surface area contributed by atoms with Gasteiger partial charge in [-0.2, -0.15) is 0 Å². The van der Waals surface area contributed by atoms with Crippen molar-refractivity contribution in [1.29, 1.82) is 0 Å². The average Bonchev–Trinajstić information content (AvgIpc) is 3.22. The highest BCUT2D eigenvalue weighted by atomic mass is 16.5. The van der Waals surface area contributed by atoms with Gasteiger partial charge in [0.1, 0.15) is 0 Å². The van der Waals surface area contributed by atoms with Crippen molar-refractivity contribution >= 4 is 0 Å². The Morgan fingerprint density at radius 3 is 2.61 bits per heavy atom. The molecule has 2 aliphatic rings. The van der Waals surface area contributed by atoms with Crippen LogP contribution >= 0.6 is 0 Å². The molecule has 1 aromatic carbocycles. The van der Waals surface area contributed by atoms with Gasteiger partial charge >= 0.3 is 0 Å². The number of rotatable bonds is 8. The fourth-order valence-electron chi connectivity index (χ4n) is 4.00. The Balaban J connectivity index is 1.49. The third kappa shape index (κ3) is 4.14. The summed E-state index contributed by atoms with van der Waals surface area (Å²) in [6, 6.07) is 9.31. The van der Waals surface area contributed by atoms with Crippen molar-refractivity contribution in [3.05, 3.63) is 35.4 Å². The Hall–Kier alpha value is -0.900. The minimum atomic E-state index is 0.112. The third-order valence-corrected chi connectivity index (χ3v) is 5.52.